The van der Waals surface area contributed by atoms with Gasteiger partial charge in [-0.3, -0.25) is 9.63 Å². The van der Waals surface area contributed by atoms with Gasteiger partial charge in [0.05, 0.1) is 28.6 Å². The fraction of sp³-hybridized carbons (Fsp3) is 0.188. The van der Waals surface area contributed by atoms with Crippen molar-refractivity contribution in [1.82, 2.24) is 5.48 Å². The van der Waals surface area contributed by atoms with Crippen molar-refractivity contribution in [3.05, 3.63) is 55.9 Å². The summed E-state index contributed by atoms with van der Waals surface area (Å²) in [7, 11) is 0. The van der Waals surface area contributed by atoms with Gasteiger partial charge in [-0.1, -0.05) is 11.6 Å². The van der Waals surface area contributed by atoms with Crippen molar-refractivity contribution in [2.24, 2.45) is 0 Å². The van der Waals surface area contributed by atoms with Crippen LogP contribution in [-0.2, 0) is 4.84 Å². The zero-order valence-corrected chi connectivity index (χ0v) is 16.0. The van der Waals surface area contributed by atoms with Gasteiger partial charge in [0.1, 0.15) is 0 Å². The molecule has 0 aliphatic rings. The first-order valence-electron chi connectivity index (χ1n) is 7.27. The van der Waals surface area contributed by atoms with Crippen molar-refractivity contribution >= 4 is 51.5 Å². The van der Waals surface area contributed by atoms with E-state index >= 15 is 0 Å². The van der Waals surface area contributed by atoms with Crippen LogP contribution in [0, 0.1) is 21.0 Å². The topological polar surface area (TPSA) is 70.6 Å². The van der Waals surface area contributed by atoms with Gasteiger partial charge in [-0.05, 0) is 53.3 Å². The maximum atomic E-state index is 14.2. The zero-order chi connectivity index (χ0) is 19.3. The highest BCUT2D eigenvalue weighted by Gasteiger charge is 2.23. The van der Waals surface area contributed by atoms with Gasteiger partial charge in [-0.15, -0.1) is 0 Å². The maximum Gasteiger partial charge on any atom is 0.277 e. The number of hydroxylamine groups is 1. The Bertz CT molecular complexity index is 824. The highest BCUT2D eigenvalue weighted by Crippen LogP contribution is 2.32. The number of hydrogen-bond donors (Lipinski definition) is 3. The Kier molecular flexibility index (Phi) is 7.50. The normalized spacial score (nSPS) is 10.7. The first-order valence-corrected chi connectivity index (χ1v) is 8.73. The molecule has 0 fully saturated rings. The third-order valence-electron chi connectivity index (χ3n) is 3.17. The van der Waals surface area contributed by atoms with Crippen molar-refractivity contribution in [1.29, 1.82) is 0 Å². The van der Waals surface area contributed by atoms with Crippen LogP contribution in [0.15, 0.2) is 24.3 Å². The minimum Gasteiger partial charge on any atom is -0.396 e. The number of nitrogens with one attached hydrogen (secondary N) is 2. The summed E-state index contributed by atoms with van der Waals surface area (Å²) in [4.78, 5) is 16.9. The van der Waals surface area contributed by atoms with Gasteiger partial charge in [0, 0.05) is 10.2 Å². The quantitative estimate of drug-likeness (QED) is 0.231. The number of aliphatic hydroxyl groups is 1. The van der Waals surface area contributed by atoms with Crippen LogP contribution in [0.5, 0.6) is 0 Å². The van der Waals surface area contributed by atoms with E-state index < -0.39 is 34.6 Å². The van der Waals surface area contributed by atoms with Crippen LogP contribution >= 0.6 is 34.2 Å². The predicted molar refractivity (Wildman–Crippen MR) is 98.9 cm³/mol. The van der Waals surface area contributed by atoms with Crippen molar-refractivity contribution in [2.45, 2.75) is 6.42 Å². The molecule has 2 aromatic carbocycles. The summed E-state index contributed by atoms with van der Waals surface area (Å²) in [6, 6.07) is 5.28. The summed E-state index contributed by atoms with van der Waals surface area (Å²) in [5.74, 6) is -5.82. The van der Waals surface area contributed by atoms with Crippen LogP contribution < -0.4 is 10.8 Å². The van der Waals surface area contributed by atoms with E-state index in [4.69, 9.17) is 21.5 Å². The van der Waals surface area contributed by atoms with Crippen molar-refractivity contribution in [3.8, 4) is 0 Å². The Morgan fingerprint density at radius 3 is 2.62 bits per heavy atom. The average Bonchev–Trinajstić information content (AvgIpc) is 2.60. The highest BCUT2D eigenvalue weighted by molar-refractivity contribution is 14.1. The minimum atomic E-state index is -1.73. The molecule has 2 aromatic rings. The molecule has 0 atom stereocenters. The number of carbonyl (C=O) groups is 1. The lowest BCUT2D eigenvalue weighted by atomic mass is 10.1. The van der Waals surface area contributed by atoms with E-state index in [1.54, 1.807) is 12.1 Å². The van der Waals surface area contributed by atoms with Crippen LogP contribution in [-0.4, -0.2) is 24.2 Å². The summed E-state index contributed by atoms with van der Waals surface area (Å²) < 4.78 is 42.3. The fourth-order valence-electron chi connectivity index (χ4n) is 1.93. The molecule has 5 nitrogen and oxygen atoms in total. The van der Waals surface area contributed by atoms with Gasteiger partial charge in [0.25, 0.3) is 5.91 Å². The predicted octanol–water partition coefficient (Wildman–Crippen LogP) is 4.15. The van der Waals surface area contributed by atoms with Crippen LogP contribution in [0.25, 0.3) is 0 Å². The zero-order valence-electron chi connectivity index (χ0n) is 13.1. The molecular weight excluding hydrogens is 488 g/mol. The van der Waals surface area contributed by atoms with Gasteiger partial charge < -0.3 is 10.4 Å². The number of amides is 1. The molecule has 0 unspecified atom stereocenters. The molecule has 2 rings (SSSR count). The van der Waals surface area contributed by atoms with Gasteiger partial charge in [0.15, 0.2) is 17.5 Å². The number of anilines is 2. The Morgan fingerprint density at radius 2 is 1.96 bits per heavy atom. The van der Waals surface area contributed by atoms with Gasteiger partial charge in [-0.25, -0.2) is 18.7 Å². The van der Waals surface area contributed by atoms with Crippen molar-refractivity contribution in [3.63, 3.8) is 0 Å². The van der Waals surface area contributed by atoms with Crippen molar-refractivity contribution in [2.75, 3.05) is 18.5 Å². The number of rotatable bonds is 7. The van der Waals surface area contributed by atoms with Gasteiger partial charge in [-0.2, -0.15) is 0 Å². The molecule has 0 aromatic heterocycles. The van der Waals surface area contributed by atoms with E-state index in [9.17, 15) is 18.0 Å². The molecular formula is C16H13ClF3IN2O3. The third kappa shape index (κ3) is 5.00. The average molecular weight is 501 g/mol. The molecule has 3 N–H and O–H groups in total. The Labute approximate surface area is 165 Å². The molecule has 0 saturated carbocycles. The maximum absolute atomic E-state index is 14.2. The smallest absolute Gasteiger partial charge is 0.277 e. The molecule has 0 radical (unpaired) electrons. The molecule has 10 heteroatoms. The number of halogens is 5. The summed E-state index contributed by atoms with van der Waals surface area (Å²) in [5, 5.41) is 11.4. The van der Waals surface area contributed by atoms with E-state index in [2.05, 4.69) is 5.32 Å². The molecule has 0 aliphatic heterocycles. The van der Waals surface area contributed by atoms with E-state index in [0.29, 0.717) is 6.07 Å². The van der Waals surface area contributed by atoms with Crippen LogP contribution in [0.4, 0.5) is 24.5 Å². The van der Waals surface area contributed by atoms with Crippen molar-refractivity contribution < 1.29 is 27.9 Å². The molecule has 0 saturated heterocycles. The number of benzene rings is 2. The van der Waals surface area contributed by atoms with Crippen LogP contribution in [0.1, 0.15) is 16.8 Å². The van der Waals surface area contributed by atoms with Gasteiger partial charge >= 0.3 is 0 Å². The largest absolute Gasteiger partial charge is 0.396 e. The summed E-state index contributed by atoms with van der Waals surface area (Å²) >= 11 is 8.06. The SMILES string of the molecule is O=C(NOCCCO)c1cc(F)c(F)c(F)c1Nc1ccc(I)cc1Cl. The van der Waals surface area contributed by atoms with Crippen LogP contribution in [0.2, 0.25) is 5.02 Å². The summed E-state index contributed by atoms with van der Waals surface area (Å²) in [6.07, 6.45) is 0.246. The Morgan fingerprint density at radius 1 is 1.23 bits per heavy atom. The first-order chi connectivity index (χ1) is 12.3. The summed E-state index contributed by atoms with van der Waals surface area (Å²) in [6.45, 7) is -0.173. The lowest BCUT2D eigenvalue weighted by molar-refractivity contribution is 0.0262. The number of carbonyl (C=O) groups excluding carboxylic acids is 1. The number of hydrogen-bond acceptors (Lipinski definition) is 4. The Hall–Kier alpha value is -1.56. The molecule has 1 amide bonds. The molecule has 0 spiro atoms. The molecule has 26 heavy (non-hydrogen) atoms. The standard InChI is InChI=1S/C16H13ClF3IN2O3/c17-10-6-8(21)2-3-12(10)22-15-9(7-11(18)13(19)14(15)20)16(25)23-26-5-1-4-24/h2-3,6-7,22,24H,1,4-5H2,(H,23,25). The molecule has 140 valence electrons. The number of aliphatic hydroxyl groups excluding tert-OH is 1. The van der Waals surface area contributed by atoms with Gasteiger partial charge in [0.2, 0.25) is 0 Å². The van der Waals surface area contributed by atoms with E-state index in [1.807, 2.05) is 28.1 Å². The monoisotopic (exact) mass is 500 g/mol. The molecule has 0 bridgehead atoms. The van der Waals surface area contributed by atoms with Crippen LogP contribution in [0.3, 0.4) is 0 Å². The van der Waals surface area contributed by atoms with E-state index in [1.165, 1.54) is 6.07 Å². The first kappa shape index (κ1) is 20.7. The third-order valence-corrected chi connectivity index (χ3v) is 4.15. The van der Waals surface area contributed by atoms with E-state index in [-0.39, 0.29) is 30.3 Å². The van der Waals surface area contributed by atoms with E-state index in [0.717, 1.165) is 3.57 Å². The highest BCUT2D eigenvalue weighted by atomic mass is 127. The molecule has 0 aliphatic carbocycles. The minimum absolute atomic E-state index is 0.0138. The fourth-order valence-corrected chi connectivity index (χ4v) is 2.83. The second-order valence-electron chi connectivity index (χ2n) is 5.01. The second-order valence-corrected chi connectivity index (χ2v) is 6.67. The lowest BCUT2D eigenvalue weighted by Gasteiger charge is -2.15. The second kappa shape index (κ2) is 9.40. The Balaban J connectivity index is 2.36. The summed E-state index contributed by atoms with van der Waals surface area (Å²) in [5.41, 5.74) is 1.08. The lowest BCUT2D eigenvalue weighted by Crippen LogP contribution is -2.26. The molecule has 0 heterocycles.